The highest BCUT2D eigenvalue weighted by Gasteiger charge is 2.13. The van der Waals surface area contributed by atoms with Gasteiger partial charge in [-0.3, -0.25) is 9.78 Å². The van der Waals surface area contributed by atoms with Gasteiger partial charge in [-0.25, -0.2) is 4.68 Å². The average molecular weight is 269 g/mol. The number of rotatable bonds is 4. The second kappa shape index (κ2) is 5.04. The number of hydrogen-bond donors (Lipinski definition) is 1. The maximum absolute atomic E-state index is 10.7. The summed E-state index contributed by atoms with van der Waals surface area (Å²) in [4.78, 5) is 14.9. The van der Waals surface area contributed by atoms with Gasteiger partial charge in [0, 0.05) is 17.1 Å². The van der Waals surface area contributed by atoms with Crippen molar-refractivity contribution in [1.82, 2.24) is 25.2 Å². The third kappa shape index (κ3) is 2.20. The van der Waals surface area contributed by atoms with Crippen LogP contribution in [0.15, 0.2) is 36.5 Å². The Hall–Kier alpha value is -2.83. The minimum Gasteiger partial charge on any atom is -0.481 e. The van der Waals surface area contributed by atoms with E-state index in [1.54, 1.807) is 6.20 Å². The smallest absolute Gasteiger partial charge is 0.305 e. The monoisotopic (exact) mass is 269 g/mol. The zero-order valence-electron chi connectivity index (χ0n) is 10.5. The first kappa shape index (κ1) is 12.2. The van der Waals surface area contributed by atoms with E-state index in [-0.39, 0.29) is 13.0 Å². The fourth-order valence-corrected chi connectivity index (χ4v) is 2.04. The molecule has 0 aliphatic heterocycles. The molecule has 0 amide bonds. The van der Waals surface area contributed by atoms with Gasteiger partial charge in [-0.05, 0) is 22.6 Å². The Morgan fingerprint density at radius 2 is 2.10 bits per heavy atom. The lowest BCUT2D eigenvalue weighted by molar-refractivity contribution is -0.137. The molecule has 2 aromatic heterocycles. The van der Waals surface area contributed by atoms with Crippen molar-refractivity contribution in [3.05, 3.63) is 36.5 Å². The molecule has 1 aromatic carbocycles. The van der Waals surface area contributed by atoms with Gasteiger partial charge in [0.25, 0.3) is 0 Å². The second-order valence-corrected chi connectivity index (χ2v) is 4.25. The molecular formula is C13H11N5O2. The fourth-order valence-electron chi connectivity index (χ4n) is 2.04. The van der Waals surface area contributed by atoms with Gasteiger partial charge < -0.3 is 5.11 Å². The molecule has 0 bridgehead atoms. The number of aliphatic carboxylic acids is 1. The largest absolute Gasteiger partial charge is 0.481 e. The first-order chi connectivity index (χ1) is 9.75. The van der Waals surface area contributed by atoms with Gasteiger partial charge in [-0.15, -0.1) is 5.10 Å². The molecule has 7 nitrogen and oxygen atoms in total. The molecule has 100 valence electrons. The number of benzene rings is 1. The van der Waals surface area contributed by atoms with Crippen LogP contribution in [0.3, 0.4) is 0 Å². The molecule has 0 saturated heterocycles. The number of hydrogen-bond acceptors (Lipinski definition) is 5. The van der Waals surface area contributed by atoms with Crippen molar-refractivity contribution >= 4 is 16.9 Å². The van der Waals surface area contributed by atoms with Gasteiger partial charge in [-0.2, -0.15) is 0 Å². The van der Waals surface area contributed by atoms with Gasteiger partial charge in [0.2, 0.25) is 0 Å². The summed E-state index contributed by atoms with van der Waals surface area (Å²) in [6, 6.07) is 9.49. The number of aryl methyl sites for hydroxylation is 1. The van der Waals surface area contributed by atoms with Crippen LogP contribution in [-0.2, 0) is 11.3 Å². The van der Waals surface area contributed by atoms with Crippen molar-refractivity contribution < 1.29 is 9.90 Å². The van der Waals surface area contributed by atoms with Gasteiger partial charge >= 0.3 is 5.97 Å². The second-order valence-electron chi connectivity index (χ2n) is 4.25. The Morgan fingerprint density at radius 1 is 1.25 bits per heavy atom. The average Bonchev–Trinajstić information content (AvgIpc) is 2.92. The third-order valence-electron chi connectivity index (χ3n) is 2.96. The van der Waals surface area contributed by atoms with E-state index in [1.165, 1.54) is 4.68 Å². The summed E-state index contributed by atoms with van der Waals surface area (Å²) in [6.07, 6.45) is 1.66. The number of nitrogens with zero attached hydrogens (tertiary/aromatic N) is 5. The van der Waals surface area contributed by atoms with Crippen LogP contribution in [0.2, 0.25) is 0 Å². The summed E-state index contributed by atoms with van der Waals surface area (Å²) in [5.74, 6) is -0.337. The normalized spacial score (nSPS) is 10.8. The molecule has 2 heterocycles. The van der Waals surface area contributed by atoms with E-state index in [1.807, 2.05) is 30.3 Å². The number of carbonyl (C=O) groups is 1. The minimum atomic E-state index is -0.883. The quantitative estimate of drug-likeness (QED) is 0.768. The summed E-state index contributed by atoms with van der Waals surface area (Å²) in [7, 11) is 0. The standard InChI is InChI=1S/C13H11N5O2/c19-12(20)6-8-18-13(15-16-17-18)10-5-7-14-11-4-2-1-3-9(10)11/h1-5,7H,6,8H2,(H,19,20). The van der Waals surface area contributed by atoms with Crippen LogP contribution >= 0.6 is 0 Å². The van der Waals surface area contributed by atoms with Crippen LogP contribution in [-0.4, -0.2) is 36.3 Å². The Balaban J connectivity index is 2.08. The molecule has 0 aliphatic rings. The molecule has 7 heteroatoms. The van der Waals surface area contributed by atoms with Gasteiger partial charge in [0.05, 0.1) is 18.5 Å². The number of carboxylic acids is 1. The van der Waals surface area contributed by atoms with Gasteiger partial charge in [0.1, 0.15) is 0 Å². The van der Waals surface area contributed by atoms with Crippen molar-refractivity contribution in [2.45, 2.75) is 13.0 Å². The Bertz CT molecular complexity index is 763. The van der Waals surface area contributed by atoms with Crippen LogP contribution in [0.1, 0.15) is 6.42 Å². The molecule has 0 aliphatic carbocycles. The molecular weight excluding hydrogens is 258 g/mol. The summed E-state index contributed by atoms with van der Waals surface area (Å²) in [5, 5.41) is 21.2. The topological polar surface area (TPSA) is 93.8 Å². The van der Waals surface area contributed by atoms with Crippen LogP contribution in [0.4, 0.5) is 0 Å². The highest BCUT2D eigenvalue weighted by atomic mass is 16.4. The highest BCUT2D eigenvalue weighted by molar-refractivity contribution is 5.92. The lowest BCUT2D eigenvalue weighted by atomic mass is 10.1. The van der Waals surface area contributed by atoms with Crippen molar-refractivity contribution in [2.24, 2.45) is 0 Å². The van der Waals surface area contributed by atoms with Crippen LogP contribution in [0.25, 0.3) is 22.3 Å². The third-order valence-corrected chi connectivity index (χ3v) is 2.96. The molecule has 20 heavy (non-hydrogen) atoms. The maximum atomic E-state index is 10.7. The van der Waals surface area contributed by atoms with E-state index in [4.69, 9.17) is 5.11 Å². The number of fused-ring (bicyclic) bond motifs is 1. The summed E-state index contributed by atoms with van der Waals surface area (Å²) >= 11 is 0. The fraction of sp³-hybridized carbons (Fsp3) is 0.154. The summed E-state index contributed by atoms with van der Waals surface area (Å²) in [6.45, 7) is 0.230. The molecule has 1 N–H and O–H groups in total. The predicted octanol–water partition coefficient (Wildman–Crippen LogP) is 1.36. The van der Waals surface area contributed by atoms with Crippen LogP contribution < -0.4 is 0 Å². The van der Waals surface area contributed by atoms with E-state index >= 15 is 0 Å². The van der Waals surface area contributed by atoms with Crippen molar-refractivity contribution in [3.8, 4) is 11.4 Å². The van der Waals surface area contributed by atoms with E-state index in [2.05, 4.69) is 20.5 Å². The summed E-state index contributed by atoms with van der Waals surface area (Å²) < 4.78 is 1.50. The predicted molar refractivity (Wildman–Crippen MR) is 70.8 cm³/mol. The minimum absolute atomic E-state index is 0.0267. The zero-order valence-corrected chi connectivity index (χ0v) is 10.5. The number of aromatic nitrogens is 5. The van der Waals surface area contributed by atoms with Crippen molar-refractivity contribution in [2.75, 3.05) is 0 Å². The Labute approximate surface area is 113 Å². The molecule has 3 aromatic rings. The lowest BCUT2D eigenvalue weighted by Gasteiger charge is -2.06. The van der Waals surface area contributed by atoms with E-state index in [9.17, 15) is 4.79 Å². The summed E-state index contributed by atoms with van der Waals surface area (Å²) in [5.41, 5.74) is 1.68. The van der Waals surface area contributed by atoms with Gasteiger partial charge in [0.15, 0.2) is 5.82 Å². The number of tetrazole rings is 1. The Kier molecular flexibility index (Phi) is 3.08. The molecule has 3 rings (SSSR count). The first-order valence-electron chi connectivity index (χ1n) is 6.08. The lowest BCUT2D eigenvalue weighted by Crippen LogP contribution is -2.08. The molecule has 0 unspecified atom stereocenters. The molecule has 0 saturated carbocycles. The zero-order chi connectivity index (χ0) is 13.9. The SMILES string of the molecule is O=C(O)CCn1nnnc1-c1ccnc2ccccc12. The van der Waals surface area contributed by atoms with Gasteiger partial charge in [-0.1, -0.05) is 18.2 Å². The van der Waals surface area contributed by atoms with Crippen LogP contribution in [0, 0.1) is 0 Å². The highest BCUT2D eigenvalue weighted by Crippen LogP contribution is 2.25. The number of pyridine rings is 1. The van der Waals surface area contributed by atoms with E-state index in [0.29, 0.717) is 5.82 Å². The van der Waals surface area contributed by atoms with Crippen molar-refractivity contribution in [1.29, 1.82) is 0 Å². The van der Waals surface area contributed by atoms with Crippen molar-refractivity contribution in [3.63, 3.8) is 0 Å². The molecule has 0 atom stereocenters. The Morgan fingerprint density at radius 3 is 2.95 bits per heavy atom. The van der Waals surface area contributed by atoms with E-state index in [0.717, 1.165) is 16.5 Å². The number of carboxylic acid groups (broad SMARTS) is 1. The molecule has 0 spiro atoms. The molecule has 0 radical (unpaired) electrons. The van der Waals surface area contributed by atoms with E-state index < -0.39 is 5.97 Å². The van der Waals surface area contributed by atoms with Crippen LogP contribution in [0.5, 0.6) is 0 Å². The first-order valence-corrected chi connectivity index (χ1v) is 6.08. The molecule has 0 fully saturated rings. The number of para-hydroxylation sites is 1. The maximum Gasteiger partial charge on any atom is 0.305 e.